The molecule has 4 rings (SSSR count). The lowest BCUT2D eigenvalue weighted by Crippen LogP contribution is -2.50. The summed E-state index contributed by atoms with van der Waals surface area (Å²) < 4.78 is 7.34. The lowest BCUT2D eigenvalue weighted by Gasteiger charge is -2.34. The molecule has 7 nitrogen and oxygen atoms in total. The van der Waals surface area contributed by atoms with Crippen molar-refractivity contribution in [3.8, 4) is 17.1 Å². The third-order valence-corrected chi connectivity index (χ3v) is 5.41. The zero-order chi connectivity index (χ0) is 20.8. The zero-order valence-electron chi connectivity index (χ0n) is 17.2. The SMILES string of the molecule is COc1ccc(NC(=O)N2CCN(CCn3ccnc3-c3ccccc3)CC2)cc1. The molecule has 0 spiro atoms. The number of hydrogen-bond acceptors (Lipinski definition) is 4. The van der Waals surface area contributed by atoms with E-state index in [2.05, 4.69) is 31.9 Å². The van der Waals surface area contributed by atoms with Crippen molar-refractivity contribution in [3.05, 3.63) is 67.0 Å². The number of aromatic nitrogens is 2. The van der Waals surface area contributed by atoms with E-state index in [1.165, 1.54) is 0 Å². The number of rotatable bonds is 6. The highest BCUT2D eigenvalue weighted by molar-refractivity contribution is 5.89. The lowest BCUT2D eigenvalue weighted by atomic mass is 10.2. The molecule has 2 heterocycles. The Labute approximate surface area is 176 Å². The molecule has 0 atom stereocenters. The number of carbonyl (C=O) groups is 1. The van der Waals surface area contributed by atoms with E-state index in [1.807, 2.05) is 59.8 Å². The molecule has 1 aliphatic rings. The van der Waals surface area contributed by atoms with Gasteiger partial charge < -0.3 is 19.5 Å². The maximum atomic E-state index is 12.5. The molecule has 0 radical (unpaired) electrons. The Kier molecular flexibility index (Phi) is 6.29. The molecule has 0 aliphatic carbocycles. The summed E-state index contributed by atoms with van der Waals surface area (Å²) in [4.78, 5) is 21.3. The quantitative estimate of drug-likeness (QED) is 0.683. The fourth-order valence-electron chi connectivity index (χ4n) is 3.64. The van der Waals surface area contributed by atoms with Gasteiger partial charge in [-0.3, -0.25) is 4.90 Å². The third kappa shape index (κ3) is 4.80. The molecule has 1 N–H and O–H groups in total. The average molecular weight is 406 g/mol. The number of hydrogen-bond donors (Lipinski definition) is 1. The fourth-order valence-corrected chi connectivity index (χ4v) is 3.64. The first-order valence-electron chi connectivity index (χ1n) is 10.2. The predicted molar refractivity (Wildman–Crippen MR) is 118 cm³/mol. The van der Waals surface area contributed by atoms with Gasteiger partial charge in [-0.15, -0.1) is 0 Å². The second kappa shape index (κ2) is 9.45. The van der Waals surface area contributed by atoms with Crippen molar-refractivity contribution in [2.75, 3.05) is 45.2 Å². The molecule has 0 saturated carbocycles. The first-order valence-corrected chi connectivity index (χ1v) is 10.2. The number of amides is 2. The molecule has 0 bridgehead atoms. The van der Waals surface area contributed by atoms with Crippen molar-refractivity contribution in [3.63, 3.8) is 0 Å². The highest BCUT2D eigenvalue weighted by Crippen LogP contribution is 2.18. The maximum absolute atomic E-state index is 12.5. The summed E-state index contributed by atoms with van der Waals surface area (Å²) in [7, 11) is 1.63. The van der Waals surface area contributed by atoms with Crippen LogP contribution in [0.3, 0.4) is 0 Å². The summed E-state index contributed by atoms with van der Waals surface area (Å²) in [5, 5.41) is 2.96. The minimum absolute atomic E-state index is 0.0548. The summed E-state index contributed by atoms with van der Waals surface area (Å²) in [6.07, 6.45) is 3.88. The van der Waals surface area contributed by atoms with E-state index in [9.17, 15) is 4.79 Å². The molecule has 1 saturated heterocycles. The number of nitrogens with one attached hydrogen (secondary N) is 1. The summed E-state index contributed by atoms with van der Waals surface area (Å²) in [6, 6.07) is 17.6. The summed E-state index contributed by atoms with van der Waals surface area (Å²) >= 11 is 0. The summed E-state index contributed by atoms with van der Waals surface area (Å²) in [6.45, 7) is 4.98. The van der Waals surface area contributed by atoms with Crippen LogP contribution in [0.25, 0.3) is 11.4 Å². The van der Waals surface area contributed by atoms with Crippen molar-refractivity contribution < 1.29 is 9.53 Å². The largest absolute Gasteiger partial charge is 0.497 e. The fraction of sp³-hybridized carbons (Fsp3) is 0.304. The van der Waals surface area contributed by atoms with Crippen LogP contribution in [-0.2, 0) is 6.54 Å². The van der Waals surface area contributed by atoms with Crippen molar-refractivity contribution in [1.29, 1.82) is 0 Å². The number of carbonyl (C=O) groups excluding carboxylic acids is 1. The van der Waals surface area contributed by atoms with Gasteiger partial charge >= 0.3 is 6.03 Å². The minimum atomic E-state index is -0.0548. The molecular formula is C23H27N5O2. The van der Waals surface area contributed by atoms with Crippen LogP contribution < -0.4 is 10.1 Å². The first kappa shape index (κ1) is 20.0. The van der Waals surface area contributed by atoms with Crippen LogP contribution in [0.5, 0.6) is 5.75 Å². The Balaban J connectivity index is 1.25. The molecule has 0 unspecified atom stereocenters. The van der Waals surface area contributed by atoms with E-state index >= 15 is 0 Å². The number of methoxy groups -OCH3 is 1. The molecule has 156 valence electrons. The molecule has 30 heavy (non-hydrogen) atoms. The standard InChI is InChI=1S/C23H27N5O2/c1-30-21-9-7-20(8-10-21)25-23(29)28-17-14-26(15-18-28)13-16-27-12-11-24-22(27)19-5-3-2-4-6-19/h2-12H,13-18H2,1H3,(H,25,29). The zero-order valence-corrected chi connectivity index (χ0v) is 17.2. The van der Waals surface area contributed by atoms with Gasteiger partial charge in [0.25, 0.3) is 0 Å². The van der Waals surface area contributed by atoms with Gasteiger partial charge in [-0.05, 0) is 24.3 Å². The Hall–Kier alpha value is -3.32. The van der Waals surface area contributed by atoms with Gasteiger partial charge in [0.1, 0.15) is 11.6 Å². The monoisotopic (exact) mass is 405 g/mol. The molecule has 1 aliphatic heterocycles. The topological polar surface area (TPSA) is 62.6 Å². The molecule has 2 aromatic carbocycles. The number of nitrogens with zero attached hydrogens (tertiary/aromatic N) is 4. The highest BCUT2D eigenvalue weighted by atomic mass is 16.5. The van der Waals surface area contributed by atoms with Crippen LogP contribution in [0.2, 0.25) is 0 Å². The first-order chi connectivity index (χ1) is 14.7. The Morgan fingerprint density at radius 1 is 1.00 bits per heavy atom. The van der Waals surface area contributed by atoms with Gasteiger partial charge in [-0.25, -0.2) is 9.78 Å². The van der Waals surface area contributed by atoms with Gasteiger partial charge in [0, 0.05) is 62.9 Å². The van der Waals surface area contributed by atoms with Crippen LogP contribution in [0, 0.1) is 0 Å². The normalized spacial score (nSPS) is 14.5. The van der Waals surface area contributed by atoms with Crippen LogP contribution in [0.15, 0.2) is 67.0 Å². The highest BCUT2D eigenvalue weighted by Gasteiger charge is 2.21. The average Bonchev–Trinajstić information content (AvgIpc) is 3.28. The lowest BCUT2D eigenvalue weighted by molar-refractivity contribution is 0.144. The summed E-state index contributed by atoms with van der Waals surface area (Å²) in [5.74, 6) is 1.77. The Morgan fingerprint density at radius 3 is 2.43 bits per heavy atom. The van der Waals surface area contributed by atoms with Gasteiger partial charge in [0.05, 0.1) is 7.11 Å². The van der Waals surface area contributed by atoms with Crippen LogP contribution in [-0.4, -0.2) is 65.2 Å². The van der Waals surface area contributed by atoms with E-state index < -0.39 is 0 Å². The summed E-state index contributed by atoms with van der Waals surface area (Å²) in [5.41, 5.74) is 1.90. The third-order valence-electron chi connectivity index (χ3n) is 5.41. The number of piperazine rings is 1. The van der Waals surface area contributed by atoms with Crippen molar-refractivity contribution in [1.82, 2.24) is 19.4 Å². The molecular weight excluding hydrogens is 378 g/mol. The van der Waals surface area contributed by atoms with Crippen molar-refractivity contribution in [2.24, 2.45) is 0 Å². The second-order valence-corrected chi connectivity index (χ2v) is 7.30. The molecule has 1 aromatic heterocycles. The van der Waals surface area contributed by atoms with Gasteiger partial charge in [0.2, 0.25) is 0 Å². The van der Waals surface area contributed by atoms with Crippen LogP contribution >= 0.6 is 0 Å². The van der Waals surface area contributed by atoms with Crippen LogP contribution in [0.1, 0.15) is 0 Å². The molecule has 1 fully saturated rings. The maximum Gasteiger partial charge on any atom is 0.321 e. The number of ether oxygens (including phenoxy) is 1. The van der Waals surface area contributed by atoms with Gasteiger partial charge in [-0.1, -0.05) is 30.3 Å². The van der Waals surface area contributed by atoms with E-state index in [4.69, 9.17) is 4.74 Å². The molecule has 3 aromatic rings. The van der Waals surface area contributed by atoms with E-state index in [1.54, 1.807) is 7.11 Å². The molecule has 2 amide bonds. The van der Waals surface area contributed by atoms with Crippen LogP contribution in [0.4, 0.5) is 10.5 Å². The minimum Gasteiger partial charge on any atom is -0.497 e. The smallest absolute Gasteiger partial charge is 0.321 e. The van der Waals surface area contributed by atoms with Gasteiger partial charge in [0.15, 0.2) is 0 Å². The Morgan fingerprint density at radius 2 is 1.73 bits per heavy atom. The van der Waals surface area contributed by atoms with Gasteiger partial charge in [-0.2, -0.15) is 0 Å². The van der Waals surface area contributed by atoms with Crippen molar-refractivity contribution in [2.45, 2.75) is 6.54 Å². The number of urea groups is 1. The Bertz CT molecular complexity index is 947. The van der Waals surface area contributed by atoms with E-state index in [-0.39, 0.29) is 6.03 Å². The second-order valence-electron chi connectivity index (χ2n) is 7.30. The van der Waals surface area contributed by atoms with Crippen molar-refractivity contribution >= 4 is 11.7 Å². The number of anilines is 1. The van der Waals surface area contributed by atoms with E-state index in [0.29, 0.717) is 0 Å². The predicted octanol–water partition coefficient (Wildman–Crippen LogP) is 3.41. The number of imidazole rings is 1. The number of benzene rings is 2. The molecule has 7 heteroatoms. The van der Waals surface area contributed by atoms with E-state index in [0.717, 1.165) is 62.1 Å².